The predicted octanol–water partition coefficient (Wildman–Crippen LogP) is 2.01. The molecule has 1 saturated heterocycles. The van der Waals surface area contributed by atoms with E-state index in [4.69, 9.17) is 4.74 Å². The summed E-state index contributed by atoms with van der Waals surface area (Å²) in [6, 6.07) is 11.6. The predicted molar refractivity (Wildman–Crippen MR) is 99.1 cm³/mol. The summed E-state index contributed by atoms with van der Waals surface area (Å²) in [5.74, 6) is 0.786. The fourth-order valence-electron chi connectivity index (χ4n) is 2.95. The van der Waals surface area contributed by atoms with E-state index in [0.717, 1.165) is 5.82 Å². The monoisotopic (exact) mass is 358 g/mol. The van der Waals surface area contributed by atoms with Gasteiger partial charge in [0.1, 0.15) is 5.60 Å². The van der Waals surface area contributed by atoms with Crippen molar-refractivity contribution in [3.05, 3.63) is 48.2 Å². The Hall–Kier alpha value is -2.54. The van der Waals surface area contributed by atoms with Gasteiger partial charge in [0.15, 0.2) is 5.82 Å². The zero-order valence-corrected chi connectivity index (χ0v) is 15.4. The van der Waals surface area contributed by atoms with E-state index in [-0.39, 0.29) is 6.04 Å². The summed E-state index contributed by atoms with van der Waals surface area (Å²) >= 11 is 0. The standard InChI is InChI=1S/C19H26N4O3/c1-19(2,3)26-18(25)20-15-12-22(13-16(15)24)17-9-10-23(21-17)11-14-7-5-4-6-8-14/h4-10,15-16,24H,11-13H2,1-3H3,(H,20,25)/t15-,16+/m0/s1. The van der Waals surface area contributed by atoms with Gasteiger partial charge in [0.05, 0.1) is 18.7 Å². The molecule has 0 aliphatic carbocycles. The molecule has 0 bridgehead atoms. The highest BCUT2D eigenvalue weighted by molar-refractivity contribution is 5.68. The molecule has 0 saturated carbocycles. The molecular weight excluding hydrogens is 332 g/mol. The Morgan fingerprint density at radius 2 is 2.00 bits per heavy atom. The van der Waals surface area contributed by atoms with Crippen LogP contribution in [0.25, 0.3) is 0 Å². The molecular formula is C19H26N4O3. The van der Waals surface area contributed by atoms with Crippen LogP contribution in [-0.4, -0.2) is 51.8 Å². The van der Waals surface area contributed by atoms with Crippen molar-refractivity contribution in [1.29, 1.82) is 0 Å². The highest BCUT2D eigenvalue weighted by Crippen LogP contribution is 2.19. The minimum absolute atomic E-state index is 0.385. The van der Waals surface area contributed by atoms with E-state index in [1.165, 1.54) is 5.56 Å². The molecule has 1 fully saturated rings. The number of carbonyl (C=O) groups excluding carboxylic acids is 1. The average molecular weight is 358 g/mol. The molecule has 1 aliphatic heterocycles. The first-order valence-electron chi connectivity index (χ1n) is 8.80. The van der Waals surface area contributed by atoms with Crippen LogP contribution in [0.2, 0.25) is 0 Å². The number of carbonyl (C=O) groups is 1. The van der Waals surface area contributed by atoms with E-state index in [1.54, 1.807) is 0 Å². The van der Waals surface area contributed by atoms with Crippen LogP contribution in [0.4, 0.5) is 10.6 Å². The lowest BCUT2D eigenvalue weighted by Gasteiger charge is -2.22. The Morgan fingerprint density at radius 1 is 1.27 bits per heavy atom. The molecule has 0 unspecified atom stereocenters. The first-order chi connectivity index (χ1) is 12.3. The first kappa shape index (κ1) is 18.3. The molecule has 2 N–H and O–H groups in total. The number of nitrogens with zero attached hydrogens (tertiary/aromatic N) is 3. The van der Waals surface area contributed by atoms with Crippen molar-refractivity contribution in [1.82, 2.24) is 15.1 Å². The summed E-state index contributed by atoms with van der Waals surface area (Å²) in [6.07, 6.45) is 0.739. The lowest BCUT2D eigenvalue weighted by molar-refractivity contribution is 0.0461. The topological polar surface area (TPSA) is 79.6 Å². The number of nitrogens with one attached hydrogen (secondary N) is 1. The first-order valence-corrected chi connectivity index (χ1v) is 8.80. The normalized spacial score (nSPS) is 20.2. The SMILES string of the molecule is CC(C)(C)OC(=O)N[C@H]1CN(c2ccn(Cc3ccccc3)n2)C[C@H]1O. The molecule has 7 nitrogen and oxygen atoms in total. The molecule has 0 spiro atoms. The fraction of sp³-hybridized carbons (Fsp3) is 0.474. The van der Waals surface area contributed by atoms with Crippen LogP contribution >= 0.6 is 0 Å². The number of aliphatic hydroxyl groups is 1. The Balaban J connectivity index is 1.58. The number of hydrogen-bond acceptors (Lipinski definition) is 5. The van der Waals surface area contributed by atoms with Crippen molar-refractivity contribution in [2.75, 3.05) is 18.0 Å². The second-order valence-electron chi connectivity index (χ2n) is 7.58. The van der Waals surface area contributed by atoms with Crippen LogP contribution in [0, 0.1) is 0 Å². The highest BCUT2D eigenvalue weighted by atomic mass is 16.6. The van der Waals surface area contributed by atoms with Crippen LogP contribution in [0.5, 0.6) is 0 Å². The van der Waals surface area contributed by atoms with Crippen molar-refractivity contribution < 1.29 is 14.6 Å². The van der Waals surface area contributed by atoms with Crippen LogP contribution in [-0.2, 0) is 11.3 Å². The molecule has 7 heteroatoms. The van der Waals surface area contributed by atoms with Crippen LogP contribution < -0.4 is 10.2 Å². The van der Waals surface area contributed by atoms with Gasteiger partial charge in [-0.2, -0.15) is 5.10 Å². The molecule has 1 aromatic heterocycles. The summed E-state index contributed by atoms with van der Waals surface area (Å²) in [7, 11) is 0. The number of benzene rings is 1. The summed E-state index contributed by atoms with van der Waals surface area (Å²) in [6.45, 7) is 7.03. The second kappa shape index (κ2) is 7.37. The van der Waals surface area contributed by atoms with Crippen LogP contribution in [0.1, 0.15) is 26.3 Å². The quantitative estimate of drug-likeness (QED) is 0.874. The number of aromatic nitrogens is 2. The van der Waals surface area contributed by atoms with Gasteiger partial charge >= 0.3 is 6.09 Å². The maximum absolute atomic E-state index is 11.9. The Labute approximate surface area is 153 Å². The number of hydrogen-bond donors (Lipinski definition) is 2. The molecule has 26 heavy (non-hydrogen) atoms. The number of ether oxygens (including phenoxy) is 1. The zero-order valence-electron chi connectivity index (χ0n) is 15.4. The molecule has 2 atom stereocenters. The number of amides is 1. The third kappa shape index (κ3) is 4.76. The average Bonchev–Trinajstić information content (AvgIpc) is 3.14. The minimum Gasteiger partial charge on any atom is -0.444 e. The van der Waals surface area contributed by atoms with E-state index in [1.807, 2.05) is 60.8 Å². The second-order valence-corrected chi connectivity index (χ2v) is 7.58. The van der Waals surface area contributed by atoms with Crippen LogP contribution in [0.15, 0.2) is 42.6 Å². The van der Waals surface area contributed by atoms with E-state index in [0.29, 0.717) is 19.6 Å². The van der Waals surface area contributed by atoms with Gasteiger partial charge in [-0.1, -0.05) is 30.3 Å². The maximum Gasteiger partial charge on any atom is 0.408 e. The van der Waals surface area contributed by atoms with Crippen molar-refractivity contribution in [3.8, 4) is 0 Å². The lowest BCUT2D eigenvalue weighted by atomic mass is 10.2. The number of alkyl carbamates (subject to hydrolysis) is 1. The van der Waals surface area contributed by atoms with Crippen LogP contribution in [0.3, 0.4) is 0 Å². The third-order valence-electron chi connectivity index (χ3n) is 4.13. The molecule has 3 rings (SSSR count). The van der Waals surface area contributed by atoms with E-state index < -0.39 is 17.8 Å². The summed E-state index contributed by atoms with van der Waals surface area (Å²) in [5.41, 5.74) is 0.608. The Morgan fingerprint density at radius 3 is 2.69 bits per heavy atom. The van der Waals surface area contributed by atoms with Gasteiger partial charge in [0.2, 0.25) is 0 Å². The lowest BCUT2D eigenvalue weighted by Crippen LogP contribution is -2.45. The summed E-state index contributed by atoms with van der Waals surface area (Å²) in [5, 5.41) is 17.6. The maximum atomic E-state index is 11.9. The van der Waals surface area contributed by atoms with Gasteiger partial charge < -0.3 is 20.1 Å². The molecule has 0 radical (unpaired) electrons. The molecule has 1 aromatic carbocycles. The zero-order chi connectivity index (χ0) is 18.7. The van der Waals surface area contributed by atoms with E-state index >= 15 is 0 Å². The Kier molecular flexibility index (Phi) is 5.18. The van der Waals surface area contributed by atoms with Crippen molar-refractivity contribution in [3.63, 3.8) is 0 Å². The van der Waals surface area contributed by atoms with Crippen molar-refractivity contribution in [2.45, 2.75) is 45.1 Å². The number of aliphatic hydroxyl groups excluding tert-OH is 1. The van der Waals surface area contributed by atoms with Gasteiger partial charge in [-0.25, -0.2) is 4.79 Å². The number of rotatable bonds is 4. The molecule has 1 aliphatic rings. The van der Waals surface area contributed by atoms with Gasteiger partial charge in [-0.05, 0) is 26.3 Å². The molecule has 2 heterocycles. The molecule has 2 aromatic rings. The molecule has 140 valence electrons. The van der Waals surface area contributed by atoms with Gasteiger partial charge in [-0.3, -0.25) is 4.68 Å². The summed E-state index contributed by atoms with van der Waals surface area (Å²) < 4.78 is 7.13. The fourth-order valence-corrected chi connectivity index (χ4v) is 2.95. The highest BCUT2D eigenvalue weighted by Gasteiger charge is 2.34. The van der Waals surface area contributed by atoms with E-state index in [2.05, 4.69) is 22.5 Å². The van der Waals surface area contributed by atoms with Crippen molar-refractivity contribution >= 4 is 11.9 Å². The van der Waals surface area contributed by atoms with E-state index in [9.17, 15) is 9.90 Å². The largest absolute Gasteiger partial charge is 0.444 e. The number of β-amino-alcohol motifs (C(OH)–C–C–N with tert-alkyl or cyclic N) is 1. The smallest absolute Gasteiger partial charge is 0.408 e. The molecule has 1 amide bonds. The Bertz CT molecular complexity index is 739. The minimum atomic E-state index is -0.665. The van der Waals surface area contributed by atoms with Gasteiger partial charge in [0.25, 0.3) is 0 Å². The number of anilines is 1. The van der Waals surface area contributed by atoms with Gasteiger partial charge in [0, 0.05) is 25.4 Å². The summed E-state index contributed by atoms with van der Waals surface area (Å²) in [4.78, 5) is 13.9. The van der Waals surface area contributed by atoms with Gasteiger partial charge in [-0.15, -0.1) is 0 Å². The third-order valence-corrected chi connectivity index (χ3v) is 4.13. The van der Waals surface area contributed by atoms with Crippen molar-refractivity contribution in [2.24, 2.45) is 0 Å².